The molecule has 0 aliphatic carbocycles. The average molecular weight is 419 g/mol. The maximum atomic E-state index is 13.9. The summed E-state index contributed by atoms with van der Waals surface area (Å²) < 4.78 is 41.4. The van der Waals surface area contributed by atoms with Gasteiger partial charge < -0.3 is 5.32 Å². The highest BCUT2D eigenvalue weighted by atomic mass is 32.2. The molecule has 1 aliphatic heterocycles. The van der Waals surface area contributed by atoms with Gasteiger partial charge in [-0.15, -0.1) is 0 Å². The number of anilines is 1. The number of carbonyl (C=O) groups excluding carboxylic acids is 1. The van der Waals surface area contributed by atoms with Gasteiger partial charge in [-0.25, -0.2) is 12.8 Å². The highest BCUT2D eigenvalue weighted by Gasteiger charge is 2.37. The zero-order chi connectivity index (χ0) is 21.6. The van der Waals surface area contributed by atoms with Crippen molar-refractivity contribution < 1.29 is 17.6 Å². The highest BCUT2D eigenvalue weighted by molar-refractivity contribution is 7.93. The van der Waals surface area contributed by atoms with Gasteiger partial charge in [-0.3, -0.25) is 9.10 Å². The third kappa shape index (κ3) is 4.45. The van der Waals surface area contributed by atoms with Crippen LogP contribution in [0.3, 0.4) is 0 Å². The van der Waals surface area contributed by atoms with E-state index >= 15 is 0 Å². The molecule has 0 aromatic heterocycles. The van der Waals surface area contributed by atoms with Crippen LogP contribution in [0.1, 0.15) is 41.0 Å². The second-order valence-electron chi connectivity index (χ2n) is 9.34. The Labute approximate surface area is 172 Å². The predicted molar refractivity (Wildman–Crippen MR) is 113 cm³/mol. The van der Waals surface area contributed by atoms with Crippen molar-refractivity contribution in [2.24, 2.45) is 5.41 Å². The standard InChI is InChI=1S/C22H27FN2O3S/c1-21(2,3)14-22(4,5)24-20(26)13-25-18-11-10-15(23)12-17(18)16-8-6-7-9-19(16)29(25,27)28/h6-12H,13-14H2,1-5H3,(H,24,26). The summed E-state index contributed by atoms with van der Waals surface area (Å²) in [6.07, 6.45) is 0.725. The monoisotopic (exact) mass is 418 g/mol. The quantitative estimate of drug-likeness (QED) is 0.804. The number of sulfonamides is 1. The lowest BCUT2D eigenvalue weighted by atomic mass is 9.82. The minimum atomic E-state index is -3.94. The van der Waals surface area contributed by atoms with Gasteiger partial charge in [-0.05, 0) is 49.9 Å². The number of carbonyl (C=O) groups is 1. The van der Waals surface area contributed by atoms with Crippen molar-refractivity contribution in [1.29, 1.82) is 0 Å². The molecule has 1 aliphatic rings. The van der Waals surface area contributed by atoms with Gasteiger partial charge in [0.25, 0.3) is 10.0 Å². The van der Waals surface area contributed by atoms with Crippen LogP contribution >= 0.6 is 0 Å². The molecule has 2 aromatic carbocycles. The third-order valence-electron chi connectivity index (χ3n) is 4.71. The maximum Gasteiger partial charge on any atom is 0.265 e. The maximum absolute atomic E-state index is 13.9. The van der Waals surface area contributed by atoms with E-state index in [2.05, 4.69) is 26.1 Å². The topological polar surface area (TPSA) is 66.5 Å². The Morgan fingerprint density at radius 2 is 1.69 bits per heavy atom. The summed E-state index contributed by atoms with van der Waals surface area (Å²) in [5.74, 6) is -0.869. The molecule has 0 saturated carbocycles. The van der Waals surface area contributed by atoms with Gasteiger partial charge in [0.05, 0.1) is 10.6 Å². The Bertz CT molecular complexity index is 1060. The molecule has 156 valence electrons. The van der Waals surface area contributed by atoms with Gasteiger partial charge in [-0.1, -0.05) is 39.0 Å². The number of nitrogens with one attached hydrogen (secondary N) is 1. The lowest BCUT2D eigenvalue weighted by Gasteiger charge is -2.35. The number of benzene rings is 2. The van der Waals surface area contributed by atoms with Crippen LogP contribution < -0.4 is 9.62 Å². The molecule has 3 rings (SSSR count). The number of amides is 1. The second kappa shape index (κ2) is 7.13. The fourth-order valence-electron chi connectivity index (χ4n) is 4.19. The molecule has 0 atom stereocenters. The number of hydrogen-bond donors (Lipinski definition) is 1. The van der Waals surface area contributed by atoms with Crippen LogP contribution in [0.15, 0.2) is 47.4 Å². The number of rotatable bonds is 4. The van der Waals surface area contributed by atoms with E-state index in [0.29, 0.717) is 16.8 Å². The number of fused-ring (bicyclic) bond motifs is 3. The molecule has 0 fully saturated rings. The summed E-state index contributed by atoms with van der Waals surface area (Å²) in [5, 5.41) is 2.94. The Balaban J connectivity index is 1.97. The van der Waals surface area contributed by atoms with E-state index in [4.69, 9.17) is 0 Å². The average Bonchev–Trinajstić information content (AvgIpc) is 2.56. The molecule has 29 heavy (non-hydrogen) atoms. The Kier molecular flexibility index (Phi) is 5.24. The summed E-state index contributed by atoms with van der Waals surface area (Å²) in [6, 6.07) is 10.4. The van der Waals surface area contributed by atoms with Crippen LogP contribution in [0, 0.1) is 11.2 Å². The van der Waals surface area contributed by atoms with Crippen molar-refractivity contribution in [1.82, 2.24) is 5.32 Å². The second-order valence-corrected chi connectivity index (χ2v) is 11.2. The normalized spacial score (nSPS) is 15.4. The number of nitrogens with zero attached hydrogens (tertiary/aromatic N) is 1. The molecule has 1 N–H and O–H groups in total. The molecule has 2 aromatic rings. The molecule has 0 unspecified atom stereocenters. The van der Waals surface area contributed by atoms with E-state index in [9.17, 15) is 17.6 Å². The van der Waals surface area contributed by atoms with Crippen molar-refractivity contribution in [2.45, 2.75) is 51.5 Å². The molecule has 5 nitrogen and oxygen atoms in total. The minimum absolute atomic E-state index is 0.00293. The minimum Gasteiger partial charge on any atom is -0.350 e. The molecule has 1 heterocycles. The zero-order valence-electron chi connectivity index (χ0n) is 17.4. The van der Waals surface area contributed by atoms with Gasteiger partial charge in [0.15, 0.2) is 0 Å². The first kappa shape index (κ1) is 21.3. The van der Waals surface area contributed by atoms with E-state index < -0.39 is 27.3 Å². The summed E-state index contributed by atoms with van der Waals surface area (Å²) in [7, 11) is -3.94. The summed E-state index contributed by atoms with van der Waals surface area (Å²) in [6.45, 7) is 9.70. The first-order valence-corrected chi connectivity index (χ1v) is 11.0. The molecular formula is C22H27FN2O3S. The van der Waals surface area contributed by atoms with E-state index in [0.717, 1.165) is 10.7 Å². The van der Waals surface area contributed by atoms with E-state index in [1.165, 1.54) is 24.3 Å². The summed E-state index contributed by atoms with van der Waals surface area (Å²) in [5.41, 5.74) is 0.688. The van der Waals surface area contributed by atoms with Crippen LogP contribution in [-0.4, -0.2) is 26.4 Å². The van der Waals surface area contributed by atoms with Crippen LogP contribution in [0.5, 0.6) is 0 Å². The number of halogens is 1. The molecule has 0 radical (unpaired) electrons. The van der Waals surface area contributed by atoms with Gasteiger partial charge in [0, 0.05) is 16.7 Å². The zero-order valence-corrected chi connectivity index (χ0v) is 18.2. The molecular weight excluding hydrogens is 391 g/mol. The van der Waals surface area contributed by atoms with Crippen LogP contribution in [0.2, 0.25) is 0 Å². The Morgan fingerprint density at radius 1 is 1.03 bits per heavy atom. The molecule has 1 amide bonds. The Hall–Kier alpha value is -2.41. The van der Waals surface area contributed by atoms with E-state index in [-0.39, 0.29) is 16.9 Å². The highest BCUT2D eigenvalue weighted by Crippen LogP contribution is 2.43. The Morgan fingerprint density at radius 3 is 2.34 bits per heavy atom. The van der Waals surface area contributed by atoms with Gasteiger partial charge in [0.2, 0.25) is 5.91 Å². The summed E-state index contributed by atoms with van der Waals surface area (Å²) >= 11 is 0. The van der Waals surface area contributed by atoms with Crippen molar-refractivity contribution in [3.05, 3.63) is 48.3 Å². The molecule has 0 saturated heterocycles. The van der Waals surface area contributed by atoms with Crippen molar-refractivity contribution in [2.75, 3.05) is 10.8 Å². The van der Waals surface area contributed by atoms with Crippen molar-refractivity contribution in [3.63, 3.8) is 0 Å². The van der Waals surface area contributed by atoms with Crippen LogP contribution in [0.4, 0.5) is 10.1 Å². The smallest absolute Gasteiger partial charge is 0.265 e. The van der Waals surface area contributed by atoms with Crippen molar-refractivity contribution >= 4 is 21.6 Å². The molecule has 7 heteroatoms. The first-order chi connectivity index (χ1) is 13.3. The molecule has 0 bridgehead atoms. The fourth-order valence-corrected chi connectivity index (χ4v) is 5.84. The largest absolute Gasteiger partial charge is 0.350 e. The van der Waals surface area contributed by atoms with E-state index in [1.54, 1.807) is 18.2 Å². The lowest BCUT2D eigenvalue weighted by molar-refractivity contribution is -0.121. The van der Waals surface area contributed by atoms with E-state index in [1.807, 2.05) is 13.8 Å². The van der Waals surface area contributed by atoms with Crippen molar-refractivity contribution in [3.8, 4) is 11.1 Å². The third-order valence-corrected chi connectivity index (χ3v) is 6.53. The molecule has 0 spiro atoms. The summed E-state index contributed by atoms with van der Waals surface area (Å²) in [4.78, 5) is 12.9. The number of hydrogen-bond acceptors (Lipinski definition) is 3. The first-order valence-electron chi connectivity index (χ1n) is 9.53. The lowest BCUT2D eigenvalue weighted by Crippen LogP contribution is -2.50. The van der Waals surface area contributed by atoms with Gasteiger partial charge >= 0.3 is 0 Å². The van der Waals surface area contributed by atoms with Gasteiger partial charge in [-0.2, -0.15) is 0 Å². The van der Waals surface area contributed by atoms with Gasteiger partial charge in [0.1, 0.15) is 12.4 Å². The van der Waals surface area contributed by atoms with Crippen LogP contribution in [-0.2, 0) is 14.8 Å². The predicted octanol–water partition coefficient (Wildman–Crippen LogP) is 4.33. The fraction of sp³-hybridized carbons (Fsp3) is 0.409. The van der Waals surface area contributed by atoms with Crippen LogP contribution in [0.25, 0.3) is 11.1 Å². The SMILES string of the molecule is CC(C)(C)CC(C)(C)NC(=O)CN1c2ccc(F)cc2-c2ccccc2S1(=O)=O.